The van der Waals surface area contributed by atoms with E-state index in [1.54, 1.807) is 4.90 Å². The largest absolute Gasteiger partial charge is 0.340 e. The van der Waals surface area contributed by atoms with Gasteiger partial charge in [0.15, 0.2) is 0 Å². The average molecular weight is 252 g/mol. The number of hydrogen-bond acceptors (Lipinski definition) is 2. The lowest BCUT2D eigenvalue weighted by Crippen LogP contribution is -2.67. The molecule has 1 unspecified atom stereocenters. The van der Waals surface area contributed by atoms with Gasteiger partial charge in [0.2, 0.25) is 11.8 Å². The molecule has 0 bridgehead atoms. The summed E-state index contributed by atoms with van der Waals surface area (Å²) in [6, 6.07) is 0. The topological polar surface area (TPSA) is 49.4 Å². The summed E-state index contributed by atoms with van der Waals surface area (Å²) in [7, 11) is 0. The molecule has 0 spiro atoms. The normalized spacial score (nSPS) is 29.4. The number of rotatable bonds is 4. The van der Waals surface area contributed by atoms with Crippen LogP contribution in [0.4, 0.5) is 0 Å². The summed E-state index contributed by atoms with van der Waals surface area (Å²) in [6.07, 6.45) is 3.10. The summed E-state index contributed by atoms with van der Waals surface area (Å²) < 4.78 is 0. The average Bonchev–Trinajstić information content (AvgIpc) is 3.09. The maximum atomic E-state index is 12.6. The Kier molecular flexibility index (Phi) is 3.16. The van der Waals surface area contributed by atoms with Crippen LogP contribution in [-0.2, 0) is 9.59 Å². The Labute approximate surface area is 109 Å². The van der Waals surface area contributed by atoms with Gasteiger partial charge in [0.05, 0.1) is 6.54 Å². The SMILES string of the molecule is CCC(C)(C)CN1CC(=O)NC(C)(C2CC2)C1=O. The highest BCUT2D eigenvalue weighted by atomic mass is 16.2. The number of hydrogen-bond donors (Lipinski definition) is 1. The zero-order valence-corrected chi connectivity index (χ0v) is 11.9. The molecule has 2 fully saturated rings. The van der Waals surface area contributed by atoms with E-state index in [0.29, 0.717) is 12.5 Å². The van der Waals surface area contributed by atoms with Gasteiger partial charge in [-0.15, -0.1) is 0 Å². The van der Waals surface area contributed by atoms with Crippen molar-refractivity contribution in [2.45, 2.75) is 52.5 Å². The van der Waals surface area contributed by atoms with E-state index in [2.05, 4.69) is 26.1 Å². The third kappa shape index (κ3) is 2.38. The van der Waals surface area contributed by atoms with E-state index in [9.17, 15) is 9.59 Å². The molecule has 18 heavy (non-hydrogen) atoms. The van der Waals surface area contributed by atoms with Crippen molar-refractivity contribution in [1.82, 2.24) is 10.2 Å². The quantitative estimate of drug-likeness (QED) is 0.825. The highest BCUT2D eigenvalue weighted by molar-refractivity contribution is 5.98. The first kappa shape index (κ1) is 13.4. The van der Waals surface area contributed by atoms with Crippen molar-refractivity contribution in [2.75, 3.05) is 13.1 Å². The van der Waals surface area contributed by atoms with Gasteiger partial charge in [-0.2, -0.15) is 0 Å². The number of nitrogens with one attached hydrogen (secondary N) is 1. The van der Waals surface area contributed by atoms with Gasteiger partial charge in [-0.05, 0) is 37.5 Å². The minimum Gasteiger partial charge on any atom is -0.340 e. The Morgan fingerprint density at radius 3 is 2.50 bits per heavy atom. The van der Waals surface area contributed by atoms with E-state index in [1.165, 1.54) is 0 Å². The molecule has 0 aromatic carbocycles. The fraction of sp³-hybridized carbons (Fsp3) is 0.857. The van der Waals surface area contributed by atoms with Crippen LogP contribution < -0.4 is 5.32 Å². The van der Waals surface area contributed by atoms with Crippen molar-refractivity contribution in [3.8, 4) is 0 Å². The third-order valence-electron chi connectivity index (χ3n) is 4.43. The minimum absolute atomic E-state index is 0.0177. The van der Waals surface area contributed by atoms with Gasteiger partial charge in [-0.25, -0.2) is 0 Å². The monoisotopic (exact) mass is 252 g/mol. The molecule has 4 nitrogen and oxygen atoms in total. The molecule has 0 radical (unpaired) electrons. The molecule has 1 heterocycles. The lowest BCUT2D eigenvalue weighted by molar-refractivity contribution is -0.151. The second-order valence-electron chi connectivity index (χ2n) is 6.70. The first-order chi connectivity index (χ1) is 8.28. The van der Waals surface area contributed by atoms with Gasteiger partial charge >= 0.3 is 0 Å². The molecule has 2 aliphatic rings. The van der Waals surface area contributed by atoms with Crippen LogP contribution in [0.15, 0.2) is 0 Å². The van der Waals surface area contributed by atoms with Gasteiger partial charge in [0, 0.05) is 6.54 Å². The van der Waals surface area contributed by atoms with Gasteiger partial charge < -0.3 is 10.2 Å². The molecule has 1 saturated heterocycles. The van der Waals surface area contributed by atoms with Crippen LogP contribution in [0, 0.1) is 11.3 Å². The molecule has 2 rings (SSSR count). The molecule has 1 atom stereocenters. The summed E-state index contributed by atoms with van der Waals surface area (Å²) in [5, 5.41) is 2.91. The summed E-state index contributed by atoms with van der Waals surface area (Å²) in [5.74, 6) is 0.420. The lowest BCUT2D eigenvalue weighted by Gasteiger charge is -2.42. The number of amides is 2. The van der Waals surface area contributed by atoms with Crippen molar-refractivity contribution < 1.29 is 9.59 Å². The third-order valence-corrected chi connectivity index (χ3v) is 4.43. The van der Waals surface area contributed by atoms with Crippen LogP contribution in [0.1, 0.15) is 47.0 Å². The maximum Gasteiger partial charge on any atom is 0.248 e. The molecule has 1 aliphatic carbocycles. The maximum absolute atomic E-state index is 12.6. The Hall–Kier alpha value is -1.06. The van der Waals surface area contributed by atoms with Crippen molar-refractivity contribution in [3.63, 3.8) is 0 Å². The van der Waals surface area contributed by atoms with Crippen LogP contribution in [-0.4, -0.2) is 35.3 Å². The van der Waals surface area contributed by atoms with Crippen molar-refractivity contribution in [1.29, 1.82) is 0 Å². The van der Waals surface area contributed by atoms with E-state index < -0.39 is 5.54 Å². The van der Waals surface area contributed by atoms with Crippen molar-refractivity contribution in [2.24, 2.45) is 11.3 Å². The van der Waals surface area contributed by atoms with E-state index in [-0.39, 0.29) is 23.8 Å². The number of piperazine rings is 1. The molecular weight excluding hydrogens is 228 g/mol. The van der Waals surface area contributed by atoms with Crippen LogP contribution in [0.5, 0.6) is 0 Å². The van der Waals surface area contributed by atoms with Gasteiger partial charge in [0.1, 0.15) is 5.54 Å². The molecule has 2 amide bonds. The number of carbonyl (C=O) groups is 2. The number of nitrogens with zero attached hydrogens (tertiary/aromatic N) is 1. The Balaban J connectivity index is 2.15. The van der Waals surface area contributed by atoms with Crippen molar-refractivity contribution in [3.05, 3.63) is 0 Å². The standard InChI is InChI=1S/C14H24N2O2/c1-5-13(2,3)9-16-8-11(17)15-14(4,12(16)18)10-6-7-10/h10H,5-9H2,1-4H3,(H,15,17). The second kappa shape index (κ2) is 4.25. The fourth-order valence-corrected chi connectivity index (χ4v) is 2.65. The predicted molar refractivity (Wildman–Crippen MR) is 69.9 cm³/mol. The van der Waals surface area contributed by atoms with Gasteiger partial charge in [-0.3, -0.25) is 9.59 Å². The van der Waals surface area contributed by atoms with E-state index in [1.807, 2.05) is 6.92 Å². The van der Waals surface area contributed by atoms with Crippen LogP contribution >= 0.6 is 0 Å². The minimum atomic E-state index is -0.654. The van der Waals surface area contributed by atoms with Crippen molar-refractivity contribution >= 4 is 11.8 Å². The molecule has 1 saturated carbocycles. The summed E-state index contributed by atoms with van der Waals surface area (Å²) in [4.78, 5) is 26.2. The van der Waals surface area contributed by atoms with E-state index >= 15 is 0 Å². The zero-order chi connectivity index (χ0) is 13.6. The lowest BCUT2D eigenvalue weighted by atomic mass is 9.86. The van der Waals surface area contributed by atoms with E-state index in [0.717, 1.165) is 19.3 Å². The Morgan fingerprint density at radius 1 is 1.39 bits per heavy atom. The first-order valence-electron chi connectivity index (χ1n) is 6.89. The van der Waals surface area contributed by atoms with Gasteiger partial charge in [-0.1, -0.05) is 20.8 Å². The highest BCUT2D eigenvalue weighted by Gasteiger charge is 2.52. The molecule has 1 N–H and O–H groups in total. The molecule has 0 aromatic rings. The second-order valence-corrected chi connectivity index (χ2v) is 6.70. The number of carbonyl (C=O) groups excluding carboxylic acids is 2. The smallest absolute Gasteiger partial charge is 0.248 e. The van der Waals surface area contributed by atoms with Crippen LogP contribution in [0.25, 0.3) is 0 Å². The van der Waals surface area contributed by atoms with Gasteiger partial charge in [0.25, 0.3) is 0 Å². The van der Waals surface area contributed by atoms with Crippen LogP contribution in [0.2, 0.25) is 0 Å². The molecule has 0 aromatic heterocycles. The fourth-order valence-electron chi connectivity index (χ4n) is 2.65. The van der Waals surface area contributed by atoms with Crippen LogP contribution in [0.3, 0.4) is 0 Å². The molecule has 1 aliphatic heterocycles. The summed E-state index contributed by atoms with van der Waals surface area (Å²) in [6.45, 7) is 9.16. The molecule has 102 valence electrons. The van der Waals surface area contributed by atoms with E-state index in [4.69, 9.17) is 0 Å². The molecular formula is C14H24N2O2. The zero-order valence-electron chi connectivity index (χ0n) is 11.9. The predicted octanol–water partition coefficient (Wildman–Crippen LogP) is 1.55. The Morgan fingerprint density at radius 2 is 2.00 bits per heavy atom. The molecule has 4 heteroatoms. The Bertz CT molecular complexity index is 374. The first-order valence-corrected chi connectivity index (χ1v) is 6.89. The summed E-state index contributed by atoms with van der Waals surface area (Å²) >= 11 is 0. The summed E-state index contributed by atoms with van der Waals surface area (Å²) in [5.41, 5.74) is -0.586. The highest BCUT2D eigenvalue weighted by Crippen LogP contribution is 2.42.